The van der Waals surface area contributed by atoms with Crippen molar-refractivity contribution < 1.29 is 14.7 Å². The van der Waals surface area contributed by atoms with Gasteiger partial charge in [0.1, 0.15) is 5.70 Å². The Morgan fingerprint density at radius 3 is 2.28 bits per heavy atom. The van der Waals surface area contributed by atoms with Gasteiger partial charge in [-0.15, -0.1) is 0 Å². The Morgan fingerprint density at radius 2 is 1.64 bits per heavy atom. The molecule has 2 amide bonds. The highest BCUT2D eigenvalue weighted by Crippen LogP contribution is 2.18. The van der Waals surface area contributed by atoms with Gasteiger partial charge in [-0.1, -0.05) is 24.3 Å². The molecule has 6 heteroatoms. The number of aliphatic hydroxyl groups excluding tert-OH is 1. The fourth-order valence-corrected chi connectivity index (χ4v) is 2.41. The Kier molecular flexibility index (Phi) is 5.01. The number of nitrogens with zero attached hydrogens (tertiary/aromatic N) is 2. The minimum Gasteiger partial charge on any atom is -0.395 e. The second-order valence-corrected chi connectivity index (χ2v) is 5.44. The van der Waals surface area contributed by atoms with E-state index in [0.29, 0.717) is 5.69 Å². The second kappa shape index (κ2) is 7.55. The first-order chi connectivity index (χ1) is 12.2. The van der Waals surface area contributed by atoms with Crippen molar-refractivity contribution in [2.45, 2.75) is 0 Å². The van der Waals surface area contributed by atoms with Crippen LogP contribution in [0.4, 0.5) is 5.69 Å². The molecule has 1 aromatic carbocycles. The quantitative estimate of drug-likeness (QED) is 0.788. The maximum Gasteiger partial charge on any atom is 0.277 e. The molecular weight excluding hydrogens is 318 g/mol. The third-order valence-corrected chi connectivity index (χ3v) is 3.70. The largest absolute Gasteiger partial charge is 0.395 e. The second-order valence-electron chi connectivity index (χ2n) is 5.44. The lowest BCUT2D eigenvalue weighted by Gasteiger charge is -2.13. The predicted octanol–water partition coefficient (Wildman–Crippen LogP) is 1.91. The van der Waals surface area contributed by atoms with Crippen molar-refractivity contribution in [2.24, 2.45) is 0 Å². The summed E-state index contributed by atoms with van der Waals surface area (Å²) in [5.74, 6) is -0.848. The molecule has 6 nitrogen and oxygen atoms in total. The van der Waals surface area contributed by atoms with E-state index >= 15 is 0 Å². The first-order valence-electron chi connectivity index (χ1n) is 7.81. The van der Waals surface area contributed by atoms with Gasteiger partial charge in [-0.25, -0.2) is 0 Å². The molecule has 2 N–H and O–H groups in total. The molecule has 2 heterocycles. The van der Waals surface area contributed by atoms with Gasteiger partial charge in [0.2, 0.25) is 0 Å². The van der Waals surface area contributed by atoms with E-state index in [2.05, 4.69) is 10.3 Å². The number of imide groups is 1. The molecule has 126 valence electrons. The zero-order chi connectivity index (χ0) is 17.6. The molecular formula is C19H17N3O3. The number of aromatic nitrogens is 1. The van der Waals surface area contributed by atoms with Crippen molar-refractivity contribution >= 4 is 29.7 Å². The number of aliphatic hydroxyl groups is 1. The number of nitrogens with one attached hydrogen (secondary N) is 1. The molecule has 0 saturated carbocycles. The van der Waals surface area contributed by atoms with Crippen LogP contribution in [0.1, 0.15) is 11.1 Å². The Morgan fingerprint density at radius 1 is 1.00 bits per heavy atom. The molecule has 0 unspecified atom stereocenters. The Balaban J connectivity index is 1.65. The number of benzene rings is 1. The van der Waals surface area contributed by atoms with Gasteiger partial charge in [0.15, 0.2) is 0 Å². The van der Waals surface area contributed by atoms with E-state index in [1.807, 2.05) is 48.6 Å². The summed E-state index contributed by atoms with van der Waals surface area (Å²) in [5, 5.41) is 11.8. The minimum absolute atomic E-state index is 0.00190. The van der Waals surface area contributed by atoms with Crippen molar-refractivity contribution in [3.8, 4) is 0 Å². The third kappa shape index (κ3) is 3.99. The minimum atomic E-state index is -0.430. The van der Waals surface area contributed by atoms with Crippen molar-refractivity contribution in [1.82, 2.24) is 9.88 Å². The first-order valence-corrected chi connectivity index (χ1v) is 7.81. The zero-order valence-corrected chi connectivity index (χ0v) is 13.4. The molecule has 1 aliphatic heterocycles. The maximum atomic E-state index is 12.1. The van der Waals surface area contributed by atoms with E-state index in [1.165, 1.54) is 6.08 Å². The molecule has 0 atom stereocenters. The summed E-state index contributed by atoms with van der Waals surface area (Å²) in [6.07, 6.45) is 8.68. The predicted molar refractivity (Wildman–Crippen MR) is 95.1 cm³/mol. The highest BCUT2D eigenvalue weighted by atomic mass is 16.3. The molecule has 0 saturated heterocycles. The molecule has 1 aromatic heterocycles. The molecule has 25 heavy (non-hydrogen) atoms. The highest BCUT2D eigenvalue weighted by Gasteiger charge is 2.30. The first kappa shape index (κ1) is 16.6. The average Bonchev–Trinajstić information content (AvgIpc) is 2.90. The Hall–Kier alpha value is -3.25. The average molecular weight is 335 g/mol. The van der Waals surface area contributed by atoms with Gasteiger partial charge >= 0.3 is 0 Å². The standard InChI is InChI=1S/C19H17N3O3/c23-12-11-22-18(24)13-17(19(22)25)21-16-5-3-14(4-6-16)1-2-15-7-9-20-10-8-15/h1-10,13,21,23H,11-12H2. The molecule has 2 aromatic rings. The monoisotopic (exact) mass is 335 g/mol. The zero-order valence-electron chi connectivity index (χ0n) is 13.4. The van der Waals surface area contributed by atoms with E-state index in [9.17, 15) is 9.59 Å². The smallest absolute Gasteiger partial charge is 0.277 e. The van der Waals surface area contributed by atoms with Crippen molar-refractivity contribution in [3.63, 3.8) is 0 Å². The van der Waals surface area contributed by atoms with Crippen LogP contribution in [0.25, 0.3) is 12.2 Å². The normalized spacial score (nSPS) is 14.3. The summed E-state index contributed by atoms with van der Waals surface area (Å²) < 4.78 is 0. The van der Waals surface area contributed by atoms with E-state index in [-0.39, 0.29) is 18.8 Å². The van der Waals surface area contributed by atoms with Crippen LogP contribution in [0.5, 0.6) is 0 Å². The van der Waals surface area contributed by atoms with Gasteiger partial charge in [-0.2, -0.15) is 0 Å². The van der Waals surface area contributed by atoms with Gasteiger partial charge < -0.3 is 10.4 Å². The van der Waals surface area contributed by atoms with E-state index in [1.54, 1.807) is 12.4 Å². The number of β-amino-alcohol motifs (C(OH)–C–C–N with tert-alkyl or cyclic N) is 1. The third-order valence-electron chi connectivity index (χ3n) is 3.70. The van der Waals surface area contributed by atoms with Gasteiger partial charge in [0.25, 0.3) is 11.8 Å². The Bertz CT molecular complexity index is 827. The van der Waals surface area contributed by atoms with Crippen LogP contribution in [-0.2, 0) is 9.59 Å². The van der Waals surface area contributed by atoms with Crippen LogP contribution in [-0.4, -0.2) is 40.0 Å². The molecule has 3 rings (SSSR count). The summed E-state index contributed by atoms with van der Waals surface area (Å²) in [6.45, 7) is -0.255. The summed E-state index contributed by atoms with van der Waals surface area (Å²) in [7, 11) is 0. The van der Waals surface area contributed by atoms with E-state index in [0.717, 1.165) is 16.0 Å². The SMILES string of the molecule is O=C1C=C(Nc2ccc(C=Cc3ccncc3)cc2)C(=O)N1CCO. The van der Waals surface area contributed by atoms with Gasteiger partial charge in [-0.05, 0) is 35.4 Å². The van der Waals surface area contributed by atoms with Crippen LogP contribution < -0.4 is 5.32 Å². The molecule has 0 aliphatic carbocycles. The summed E-state index contributed by atoms with van der Waals surface area (Å²) in [6, 6.07) is 11.3. The summed E-state index contributed by atoms with van der Waals surface area (Å²) in [5.41, 5.74) is 2.98. The fourth-order valence-electron chi connectivity index (χ4n) is 2.41. The van der Waals surface area contributed by atoms with Crippen LogP contribution >= 0.6 is 0 Å². The summed E-state index contributed by atoms with van der Waals surface area (Å²) >= 11 is 0. The number of anilines is 1. The number of hydrogen-bond acceptors (Lipinski definition) is 5. The summed E-state index contributed by atoms with van der Waals surface area (Å²) in [4.78, 5) is 28.8. The van der Waals surface area contributed by atoms with Crippen LogP contribution in [0.3, 0.4) is 0 Å². The molecule has 1 aliphatic rings. The van der Waals surface area contributed by atoms with Crippen LogP contribution in [0.15, 0.2) is 60.6 Å². The fraction of sp³-hybridized carbons (Fsp3) is 0.105. The number of carbonyl (C=O) groups is 2. The molecule has 0 radical (unpaired) electrons. The van der Waals surface area contributed by atoms with Crippen molar-refractivity contribution in [3.05, 3.63) is 71.7 Å². The maximum absolute atomic E-state index is 12.1. The lowest BCUT2D eigenvalue weighted by atomic mass is 10.1. The van der Waals surface area contributed by atoms with Gasteiger partial charge in [0.05, 0.1) is 13.2 Å². The van der Waals surface area contributed by atoms with Crippen LogP contribution in [0.2, 0.25) is 0 Å². The van der Waals surface area contributed by atoms with Crippen LogP contribution in [0, 0.1) is 0 Å². The van der Waals surface area contributed by atoms with E-state index in [4.69, 9.17) is 5.11 Å². The lowest BCUT2D eigenvalue weighted by molar-refractivity contribution is -0.137. The number of amides is 2. The van der Waals surface area contributed by atoms with Gasteiger partial charge in [-0.3, -0.25) is 19.5 Å². The Labute approximate surface area is 145 Å². The lowest BCUT2D eigenvalue weighted by Crippen LogP contribution is -2.34. The number of hydrogen-bond donors (Lipinski definition) is 2. The number of pyridine rings is 1. The van der Waals surface area contributed by atoms with E-state index < -0.39 is 11.8 Å². The topological polar surface area (TPSA) is 82.5 Å². The molecule has 0 fully saturated rings. The van der Waals surface area contributed by atoms with Crippen molar-refractivity contribution in [2.75, 3.05) is 18.5 Å². The number of rotatable bonds is 6. The molecule has 0 bridgehead atoms. The molecule has 0 spiro atoms. The number of carbonyl (C=O) groups excluding carboxylic acids is 2. The van der Waals surface area contributed by atoms with Gasteiger partial charge in [0, 0.05) is 24.2 Å². The highest BCUT2D eigenvalue weighted by molar-refractivity contribution is 6.17. The van der Waals surface area contributed by atoms with Crippen molar-refractivity contribution in [1.29, 1.82) is 0 Å².